The Morgan fingerprint density at radius 3 is 2.84 bits per heavy atom. The first-order valence-electron chi connectivity index (χ1n) is 11.1. The number of piperidine rings is 1. The Kier molecular flexibility index (Phi) is 6.78. The number of thiazole rings is 1. The van der Waals surface area contributed by atoms with Gasteiger partial charge in [-0.05, 0) is 63.9 Å². The SMILES string of the molecule is CC(C)(C)C#Cc1cccc(COc2cc(-c3cnc(C4CCCCN4)s3)cnc2N)c1. The Labute approximate surface area is 194 Å². The second-order valence-electron chi connectivity index (χ2n) is 9.16. The first-order chi connectivity index (χ1) is 15.4. The number of aromatic nitrogens is 2. The highest BCUT2D eigenvalue weighted by Gasteiger charge is 2.19. The van der Waals surface area contributed by atoms with E-state index in [4.69, 9.17) is 10.5 Å². The van der Waals surface area contributed by atoms with Crippen LogP contribution in [0.3, 0.4) is 0 Å². The minimum atomic E-state index is -0.0311. The van der Waals surface area contributed by atoms with Gasteiger partial charge in [-0.25, -0.2) is 9.97 Å². The summed E-state index contributed by atoms with van der Waals surface area (Å²) >= 11 is 1.71. The van der Waals surface area contributed by atoms with Crippen molar-refractivity contribution >= 4 is 17.2 Å². The molecular formula is C26H30N4OS. The number of nitrogens with zero attached hydrogens (tertiary/aromatic N) is 2. The predicted octanol–water partition coefficient (Wildman–Crippen LogP) is 5.58. The molecule has 0 radical (unpaired) electrons. The van der Waals surface area contributed by atoms with Crippen molar-refractivity contribution in [3.8, 4) is 28.0 Å². The first kappa shape index (κ1) is 22.3. The van der Waals surface area contributed by atoms with E-state index in [1.54, 1.807) is 17.5 Å². The molecule has 1 aliphatic heterocycles. The van der Waals surface area contributed by atoms with Gasteiger partial charge < -0.3 is 15.8 Å². The zero-order chi connectivity index (χ0) is 22.6. The molecular weight excluding hydrogens is 416 g/mol. The molecule has 166 valence electrons. The maximum Gasteiger partial charge on any atom is 0.166 e. The van der Waals surface area contributed by atoms with Crippen LogP contribution in [0, 0.1) is 17.3 Å². The fourth-order valence-corrected chi connectivity index (χ4v) is 4.52. The van der Waals surface area contributed by atoms with E-state index in [0.717, 1.165) is 39.5 Å². The molecule has 4 rings (SSSR count). The van der Waals surface area contributed by atoms with Crippen molar-refractivity contribution in [2.75, 3.05) is 12.3 Å². The van der Waals surface area contributed by atoms with E-state index < -0.39 is 0 Å². The van der Waals surface area contributed by atoms with Crippen LogP contribution < -0.4 is 15.8 Å². The molecule has 1 unspecified atom stereocenters. The van der Waals surface area contributed by atoms with E-state index in [-0.39, 0.29) is 5.41 Å². The molecule has 0 spiro atoms. The Balaban J connectivity index is 1.47. The minimum Gasteiger partial charge on any atom is -0.485 e. The standard InChI is InChI=1S/C26H30N4OS/c1-26(2,3)11-10-18-7-6-8-19(13-18)17-31-22-14-20(15-29-24(22)27)23-16-30-25(32-23)21-9-4-5-12-28-21/h6-8,13-16,21,28H,4-5,9,12,17H2,1-3H3,(H2,27,29). The normalized spacial score (nSPS) is 16.3. The average Bonchev–Trinajstić information content (AvgIpc) is 3.28. The fourth-order valence-electron chi connectivity index (χ4n) is 3.51. The Bertz CT molecular complexity index is 1130. The van der Waals surface area contributed by atoms with Gasteiger partial charge in [0, 0.05) is 28.9 Å². The van der Waals surface area contributed by atoms with Gasteiger partial charge in [0.05, 0.1) is 10.9 Å². The van der Waals surface area contributed by atoms with Gasteiger partial charge in [0.15, 0.2) is 11.6 Å². The molecule has 3 heterocycles. The summed E-state index contributed by atoms with van der Waals surface area (Å²) in [6, 6.07) is 10.4. The molecule has 6 heteroatoms. The summed E-state index contributed by atoms with van der Waals surface area (Å²) in [5, 5.41) is 4.69. The van der Waals surface area contributed by atoms with Crippen LogP contribution in [0.15, 0.2) is 42.7 Å². The maximum atomic E-state index is 6.10. The van der Waals surface area contributed by atoms with Gasteiger partial charge >= 0.3 is 0 Å². The zero-order valence-electron chi connectivity index (χ0n) is 18.9. The van der Waals surface area contributed by atoms with Gasteiger partial charge in [-0.3, -0.25) is 0 Å². The first-order valence-corrected chi connectivity index (χ1v) is 11.9. The molecule has 32 heavy (non-hydrogen) atoms. The van der Waals surface area contributed by atoms with Crippen LogP contribution in [0.2, 0.25) is 0 Å². The van der Waals surface area contributed by atoms with E-state index in [9.17, 15) is 0 Å². The van der Waals surface area contributed by atoms with Crippen LogP contribution in [0.1, 0.15) is 62.2 Å². The van der Waals surface area contributed by atoms with Crippen LogP contribution in [0.4, 0.5) is 5.82 Å². The summed E-state index contributed by atoms with van der Waals surface area (Å²) in [5.74, 6) is 7.48. The number of hydrogen-bond donors (Lipinski definition) is 2. The number of pyridine rings is 1. The number of nitrogens with two attached hydrogens (primary N) is 1. The van der Waals surface area contributed by atoms with Crippen LogP contribution in [-0.4, -0.2) is 16.5 Å². The number of nitrogens with one attached hydrogen (secondary N) is 1. The maximum absolute atomic E-state index is 6.10. The van der Waals surface area contributed by atoms with E-state index in [1.807, 2.05) is 30.5 Å². The van der Waals surface area contributed by atoms with Crippen molar-refractivity contribution in [3.63, 3.8) is 0 Å². The molecule has 3 aromatic rings. The van der Waals surface area contributed by atoms with E-state index in [0.29, 0.717) is 24.2 Å². The second-order valence-corrected chi connectivity index (χ2v) is 10.2. The third-order valence-electron chi connectivity index (χ3n) is 5.20. The summed E-state index contributed by atoms with van der Waals surface area (Å²) in [4.78, 5) is 10.1. The lowest BCUT2D eigenvalue weighted by atomic mass is 9.97. The van der Waals surface area contributed by atoms with Gasteiger partial charge in [-0.2, -0.15) is 0 Å². The Morgan fingerprint density at radius 2 is 2.06 bits per heavy atom. The Morgan fingerprint density at radius 1 is 1.19 bits per heavy atom. The molecule has 3 N–H and O–H groups in total. The van der Waals surface area contributed by atoms with Gasteiger partial charge in [0.25, 0.3) is 0 Å². The van der Waals surface area contributed by atoms with Crippen molar-refractivity contribution in [1.29, 1.82) is 0 Å². The quantitative estimate of drug-likeness (QED) is 0.501. The third-order valence-corrected chi connectivity index (χ3v) is 6.36. The summed E-state index contributed by atoms with van der Waals surface area (Å²) in [7, 11) is 0. The number of hydrogen-bond acceptors (Lipinski definition) is 6. The highest BCUT2D eigenvalue weighted by molar-refractivity contribution is 7.15. The largest absolute Gasteiger partial charge is 0.485 e. The molecule has 0 saturated carbocycles. The molecule has 2 aromatic heterocycles. The topological polar surface area (TPSA) is 73.1 Å². The summed E-state index contributed by atoms with van der Waals surface area (Å²) in [5.41, 5.74) is 9.06. The van der Waals surface area contributed by atoms with E-state index in [1.165, 1.54) is 12.8 Å². The smallest absolute Gasteiger partial charge is 0.166 e. The lowest BCUT2D eigenvalue weighted by Crippen LogP contribution is -2.26. The van der Waals surface area contributed by atoms with Crippen LogP contribution in [0.25, 0.3) is 10.4 Å². The number of nitrogen functional groups attached to an aromatic ring is 1. The zero-order valence-corrected chi connectivity index (χ0v) is 19.8. The molecule has 1 aromatic carbocycles. The van der Waals surface area contributed by atoms with Crippen LogP contribution >= 0.6 is 11.3 Å². The molecule has 0 aliphatic carbocycles. The summed E-state index contributed by atoms with van der Waals surface area (Å²) < 4.78 is 6.04. The van der Waals surface area contributed by atoms with Crippen molar-refractivity contribution in [2.24, 2.45) is 5.41 Å². The lowest BCUT2D eigenvalue weighted by Gasteiger charge is -2.21. The van der Waals surface area contributed by atoms with Crippen LogP contribution in [-0.2, 0) is 6.61 Å². The summed E-state index contributed by atoms with van der Waals surface area (Å²) in [6.45, 7) is 7.78. The monoisotopic (exact) mass is 446 g/mol. The van der Waals surface area contributed by atoms with Gasteiger partial charge in [0.1, 0.15) is 11.6 Å². The lowest BCUT2D eigenvalue weighted by molar-refractivity contribution is 0.307. The van der Waals surface area contributed by atoms with Gasteiger partial charge in [-0.1, -0.05) is 30.4 Å². The van der Waals surface area contributed by atoms with Crippen molar-refractivity contribution in [2.45, 2.75) is 52.7 Å². The van der Waals surface area contributed by atoms with Crippen LogP contribution in [0.5, 0.6) is 5.75 Å². The minimum absolute atomic E-state index is 0.0311. The molecule has 1 fully saturated rings. The number of benzene rings is 1. The second kappa shape index (κ2) is 9.72. The van der Waals surface area contributed by atoms with Crippen molar-refractivity contribution in [3.05, 3.63) is 58.9 Å². The molecule has 0 bridgehead atoms. The Hall–Kier alpha value is -2.88. The average molecular weight is 447 g/mol. The highest BCUT2D eigenvalue weighted by atomic mass is 32.1. The van der Waals surface area contributed by atoms with Crippen molar-refractivity contribution < 1.29 is 4.74 Å². The highest BCUT2D eigenvalue weighted by Crippen LogP contribution is 2.34. The third kappa shape index (κ3) is 5.87. The van der Waals surface area contributed by atoms with E-state index in [2.05, 4.69) is 54.0 Å². The molecule has 5 nitrogen and oxygen atoms in total. The molecule has 1 saturated heterocycles. The summed E-state index contributed by atoms with van der Waals surface area (Å²) in [6.07, 6.45) is 7.34. The predicted molar refractivity (Wildman–Crippen MR) is 131 cm³/mol. The fraction of sp³-hybridized carbons (Fsp3) is 0.385. The van der Waals surface area contributed by atoms with Gasteiger partial charge in [0.2, 0.25) is 0 Å². The molecule has 0 amide bonds. The number of anilines is 1. The van der Waals surface area contributed by atoms with E-state index >= 15 is 0 Å². The molecule has 1 atom stereocenters. The van der Waals surface area contributed by atoms with Crippen molar-refractivity contribution in [1.82, 2.24) is 15.3 Å². The molecule has 1 aliphatic rings. The van der Waals surface area contributed by atoms with Gasteiger partial charge in [-0.15, -0.1) is 11.3 Å². The number of rotatable bonds is 5. The number of ether oxygens (including phenoxy) is 1.